The van der Waals surface area contributed by atoms with E-state index in [1.54, 1.807) is 2.90 Å². The Morgan fingerprint density at radius 2 is 2.40 bits per heavy atom. The van der Waals surface area contributed by atoms with Crippen LogP contribution in [0.5, 0.6) is 0 Å². The fraction of sp³-hybridized carbons (Fsp3) is 0.500. The summed E-state index contributed by atoms with van der Waals surface area (Å²) in [5, 5.41) is 7.90. The molecule has 1 aromatic heterocycles. The molecule has 2 N–H and O–H groups in total. The quantitative estimate of drug-likeness (QED) is 0.343. The maximum absolute atomic E-state index is 5.45. The van der Waals surface area contributed by atoms with Crippen LogP contribution in [0.1, 0.15) is 0 Å². The molecule has 0 aliphatic rings. The summed E-state index contributed by atoms with van der Waals surface area (Å²) in [6.07, 6.45) is 1.98. The summed E-state index contributed by atoms with van der Waals surface area (Å²) in [7, 11) is 0. The number of rotatable bonds is 2. The van der Waals surface area contributed by atoms with Crippen LogP contribution < -0.4 is 25.7 Å². The molecule has 0 amide bonds. The van der Waals surface area contributed by atoms with E-state index in [-0.39, 0.29) is 0 Å². The van der Waals surface area contributed by atoms with Crippen LogP contribution in [0.2, 0.25) is 0 Å². The van der Waals surface area contributed by atoms with Gasteiger partial charge in [0.25, 0.3) is 0 Å². The molecule has 0 saturated carbocycles. The van der Waals surface area contributed by atoms with Gasteiger partial charge in [0.05, 0.1) is 0 Å². The van der Waals surface area contributed by atoms with Crippen molar-refractivity contribution in [1.29, 1.82) is 0 Å². The minimum absolute atomic E-state index is 0.427. The second-order valence-corrected chi connectivity index (χ2v) is 8.75. The van der Waals surface area contributed by atoms with E-state index in [0.717, 1.165) is 0 Å². The summed E-state index contributed by atoms with van der Waals surface area (Å²) in [6.45, 7) is 0. The zero-order valence-electron chi connectivity index (χ0n) is 5.75. The van der Waals surface area contributed by atoms with E-state index in [4.69, 9.17) is 3.95 Å². The average Bonchev–Trinajstić information content (AvgIpc) is 2.34. The molecule has 0 saturated heterocycles. The van der Waals surface area contributed by atoms with Gasteiger partial charge in [0, 0.05) is 0 Å². The molecule has 6 heteroatoms. The predicted molar refractivity (Wildman–Crippen MR) is 44.2 cm³/mol. The summed E-state index contributed by atoms with van der Waals surface area (Å²) < 4.78 is 8.40. The zero-order chi connectivity index (χ0) is 7.56. The number of alkyl halides is 2. The molecule has 0 atom stereocenters. The Morgan fingerprint density at radius 3 is 2.70 bits per heavy atom. The van der Waals surface area contributed by atoms with Crippen molar-refractivity contribution in [1.82, 2.24) is 13.2 Å². The first-order valence-corrected chi connectivity index (χ1v) is 10.1. The third-order valence-corrected chi connectivity index (χ3v) is 4.67. The van der Waals surface area contributed by atoms with Gasteiger partial charge in [-0.2, -0.15) is 0 Å². The summed E-state index contributed by atoms with van der Waals surface area (Å²) in [4.78, 5) is 4.49. The third-order valence-electron chi connectivity index (χ3n) is 0.926. The number of aromatic nitrogens is 3. The monoisotopic (exact) mass is 367 g/mol. The number of nitrogens with zero attached hydrogens (tertiary/aromatic N) is 3. The van der Waals surface area contributed by atoms with E-state index < -0.39 is 41.6 Å². The van der Waals surface area contributed by atoms with E-state index in [2.05, 4.69) is 20.2 Å². The van der Waals surface area contributed by atoms with E-state index in [1.165, 1.54) is 3.70 Å². The van der Waals surface area contributed by atoms with Crippen molar-refractivity contribution in [2.24, 2.45) is 3.95 Å². The second-order valence-electron chi connectivity index (χ2n) is 1.78. The van der Waals surface area contributed by atoms with Gasteiger partial charge in [0.2, 0.25) is 0 Å². The normalized spacial score (nSPS) is 12.1. The Bertz CT molecular complexity index is 209. The SMILES string of the molecule is CI(C)c1cn([I-]N)nn1. The van der Waals surface area contributed by atoms with E-state index in [9.17, 15) is 0 Å². The molecule has 0 radical (unpaired) electrons. The van der Waals surface area contributed by atoms with E-state index in [1.807, 2.05) is 6.20 Å². The van der Waals surface area contributed by atoms with Crippen LogP contribution in [-0.4, -0.2) is 23.1 Å². The molecule has 10 heavy (non-hydrogen) atoms. The fourth-order valence-electron chi connectivity index (χ4n) is 0.446. The van der Waals surface area contributed by atoms with Gasteiger partial charge in [0.15, 0.2) is 0 Å². The van der Waals surface area contributed by atoms with Crippen LogP contribution in [0.25, 0.3) is 0 Å². The molecule has 1 heterocycles. The van der Waals surface area contributed by atoms with Gasteiger partial charge < -0.3 is 0 Å². The molecule has 60 valence electrons. The molecule has 0 aliphatic heterocycles. The van der Waals surface area contributed by atoms with Gasteiger partial charge >= 0.3 is 78.5 Å². The van der Waals surface area contributed by atoms with Crippen molar-refractivity contribution >= 4 is 19.8 Å². The third kappa shape index (κ3) is 2.02. The zero-order valence-corrected chi connectivity index (χ0v) is 10.1. The molecule has 4 nitrogen and oxygen atoms in total. The molecule has 0 aliphatic carbocycles. The number of halogens is 2. The Balaban J connectivity index is 2.78. The van der Waals surface area contributed by atoms with Crippen LogP contribution in [0.15, 0.2) is 6.20 Å². The van der Waals surface area contributed by atoms with Crippen molar-refractivity contribution in [3.05, 3.63) is 9.90 Å². The molecule has 0 fully saturated rings. The summed E-state index contributed by atoms with van der Waals surface area (Å²) in [5.41, 5.74) is 0. The average molecular weight is 367 g/mol. The fourth-order valence-corrected chi connectivity index (χ4v) is 2.96. The van der Waals surface area contributed by atoms with Gasteiger partial charge in [0.1, 0.15) is 0 Å². The first-order chi connectivity index (χ1) is 4.74. The molecule has 0 spiro atoms. The van der Waals surface area contributed by atoms with Gasteiger partial charge in [-0.1, -0.05) is 0 Å². The van der Waals surface area contributed by atoms with Gasteiger partial charge in [-0.05, 0) is 0 Å². The van der Waals surface area contributed by atoms with Crippen LogP contribution >= 0.6 is 19.8 Å². The van der Waals surface area contributed by atoms with Crippen molar-refractivity contribution < 1.29 is 21.8 Å². The maximum atomic E-state index is 5.45. The van der Waals surface area contributed by atoms with Crippen molar-refractivity contribution in [2.45, 2.75) is 0 Å². The number of nitrogens with two attached hydrogens (primary N) is 1. The van der Waals surface area contributed by atoms with Gasteiger partial charge in [-0.25, -0.2) is 0 Å². The minimum atomic E-state index is -0.908. The molecule has 0 bridgehead atoms. The van der Waals surface area contributed by atoms with Crippen molar-refractivity contribution in [3.63, 3.8) is 0 Å². The first-order valence-electron chi connectivity index (χ1n) is 2.50. The molecule has 0 unspecified atom stereocenters. The van der Waals surface area contributed by atoms with Crippen LogP contribution in [0.3, 0.4) is 0 Å². The number of hydrogen-bond donors (Lipinski definition) is 1. The molecule has 1 rings (SSSR count). The molecule has 1 aromatic rings. The topological polar surface area (TPSA) is 56.7 Å². The Labute approximate surface area is 77.9 Å². The van der Waals surface area contributed by atoms with Gasteiger partial charge in [-0.15, -0.1) is 0 Å². The van der Waals surface area contributed by atoms with E-state index >= 15 is 0 Å². The molecular weight excluding hydrogens is 358 g/mol. The van der Waals surface area contributed by atoms with Crippen molar-refractivity contribution in [2.75, 3.05) is 9.86 Å². The Kier molecular flexibility index (Phi) is 3.30. The predicted octanol–water partition coefficient (Wildman–Crippen LogP) is -3.06. The van der Waals surface area contributed by atoms with Gasteiger partial charge in [-0.3, -0.25) is 0 Å². The second kappa shape index (κ2) is 3.81. The summed E-state index contributed by atoms with van der Waals surface area (Å²) in [5.74, 6) is 0. The van der Waals surface area contributed by atoms with Crippen LogP contribution in [0, 0.1) is 3.70 Å². The number of hydrogen-bond acceptors (Lipinski definition) is 3. The first kappa shape index (κ1) is 8.65. The van der Waals surface area contributed by atoms with Crippen LogP contribution in [0.4, 0.5) is 0 Å². The standard InChI is InChI=1S/C4H9I2N4/c1-6(2)4-3-10(5-7)9-8-4/h3H,7H2,1-2H3/q-1. The summed E-state index contributed by atoms with van der Waals surface area (Å²) >= 11 is -1.34. The summed E-state index contributed by atoms with van der Waals surface area (Å²) in [6, 6.07) is 0. The van der Waals surface area contributed by atoms with E-state index in [0.29, 0.717) is 0 Å². The van der Waals surface area contributed by atoms with Crippen molar-refractivity contribution in [3.8, 4) is 0 Å². The van der Waals surface area contributed by atoms with Crippen LogP contribution in [-0.2, 0) is 0 Å². The Hall–Kier alpha value is 0.560. The molecule has 0 aromatic carbocycles. The Morgan fingerprint density at radius 1 is 1.70 bits per heavy atom. The molecular formula is C4H9I2N4-.